The Morgan fingerprint density at radius 1 is 1.16 bits per heavy atom. The van der Waals surface area contributed by atoms with Crippen molar-refractivity contribution < 1.29 is 9.59 Å². The van der Waals surface area contributed by atoms with E-state index in [9.17, 15) is 9.59 Å². The van der Waals surface area contributed by atoms with E-state index in [1.807, 2.05) is 20.8 Å². The SMILES string of the molecule is CC(C)(C)NC(=O)c1ccc(NC(=O)c2csc(CCN)n2)cc1.Cl. The zero-order valence-corrected chi connectivity index (χ0v) is 16.1. The summed E-state index contributed by atoms with van der Waals surface area (Å²) < 4.78 is 0. The topological polar surface area (TPSA) is 97.1 Å². The number of carbonyl (C=O) groups is 2. The summed E-state index contributed by atoms with van der Waals surface area (Å²) in [5.74, 6) is -0.423. The second-order valence-corrected chi connectivity index (χ2v) is 7.34. The molecule has 2 rings (SSSR count). The molecule has 0 spiro atoms. The minimum absolute atomic E-state index is 0. The van der Waals surface area contributed by atoms with Crippen LogP contribution in [-0.4, -0.2) is 28.9 Å². The summed E-state index contributed by atoms with van der Waals surface area (Å²) in [6.45, 7) is 6.28. The minimum atomic E-state index is -0.296. The zero-order chi connectivity index (χ0) is 17.7. The molecular formula is C17H23ClN4O2S. The molecule has 8 heteroatoms. The van der Waals surface area contributed by atoms with E-state index in [-0.39, 0.29) is 29.8 Å². The average Bonchev–Trinajstić information content (AvgIpc) is 2.95. The molecule has 4 N–H and O–H groups in total. The first-order valence-electron chi connectivity index (χ1n) is 7.67. The van der Waals surface area contributed by atoms with Gasteiger partial charge < -0.3 is 16.4 Å². The van der Waals surface area contributed by atoms with E-state index < -0.39 is 0 Å². The lowest BCUT2D eigenvalue weighted by atomic mass is 10.1. The molecule has 0 saturated heterocycles. The fraction of sp³-hybridized carbons (Fsp3) is 0.353. The highest BCUT2D eigenvalue weighted by molar-refractivity contribution is 7.09. The Balaban J connectivity index is 0.00000312. The summed E-state index contributed by atoms with van der Waals surface area (Å²) in [4.78, 5) is 28.5. The van der Waals surface area contributed by atoms with Crippen LogP contribution in [0.2, 0.25) is 0 Å². The Morgan fingerprint density at radius 2 is 1.80 bits per heavy atom. The van der Waals surface area contributed by atoms with Crippen molar-refractivity contribution in [2.45, 2.75) is 32.7 Å². The number of hydrogen-bond donors (Lipinski definition) is 3. The zero-order valence-electron chi connectivity index (χ0n) is 14.5. The molecule has 2 amide bonds. The van der Waals surface area contributed by atoms with Crippen molar-refractivity contribution >= 4 is 41.2 Å². The first kappa shape index (κ1) is 21.1. The van der Waals surface area contributed by atoms with Crippen molar-refractivity contribution in [1.29, 1.82) is 0 Å². The van der Waals surface area contributed by atoms with Crippen LogP contribution in [0.15, 0.2) is 29.6 Å². The maximum Gasteiger partial charge on any atom is 0.275 e. The lowest BCUT2D eigenvalue weighted by Crippen LogP contribution is -2.40. The van der Waals surface area contributed by atoms with Crippen LogP contribution in [0.3, 0.4) is 0 Å². The molecule has 1 aromatic carbocycles. The Labute approximate surface area is 157 Å². The van der Waals surface area contributed by atoms with Crippen molar-refractivity contribution in [2.75, 3.05) is 11.9 Å². The second kappa shape index (κ2) is 8.94. The summed E-state index contributed by atoms with van der Waals surface area (Å²) in [7, 11) is 0. The summed E-state index contributed by atoms with van der Waals surface area (Å²) in [5.41, 5.74) is 6.71. The molecule has 136 valence electrons. The fourth-order valence-corrected chi connectivity index (χ4v) is 2.76. The summed E-state index contributed by atoms with van der Waals surface area (Å²) >= 11 is 1.42. The maximum atomic E-state index is 12.2. The molecule has 0 atom stereocenters. The predicted molar refractivity (Wildman–Crippen MR) is 104 cm³/mol. The Morgan fingerprint density at radius 3 is 2.36 bits per heavy atom. The largest absolute Gasteiger partial charge is 0.347 e. The highest BCUT2D eigenvalue weighted by Crippen LogP contribution is 2.14. The maximum absolute atomic E-state index is 12.2. The summed E-state index contributed by atoms with van der Waals surface area (Å²) in [5, 5.41) is 8.22. The first-order valence-corrected chi connectivity index (χ1v) is 8.55. The van der Waals surface area contributed by atoms with Gasteiger partial charge in [-0.1, -0.05) is 0 Å². The second-order valence-electron chi connectivity index (χ2n) is 6.40. The van der Waals surface area contributed by atoms with Crippen molar-refractivity contribution in [3.63, 3.8) is 0 Å². The predicted octanol–water partition coefficient (Wildman–Crippen LogP) is 2.85. The molecule has 0 aliphatic heterocycles. The van der Waals surface area contributed by atoms with Crippen molar-refractivity contribution in [3.05, 3.63) is 45.9 Å². The monoisotopic (exact) mass is 382 g/mol. The number of carbonyl (C=O) groups excluding carboxylic acids is 2. The van der Waals surface area contributed by atoms with Crippen LogP contribution in [0.5, 0.6) is 0 Å². The molecule has 1 heterocycles. The van der Waals surface area contributed by atoms with Gasteiger partial charge in [0.15, 0.2) is 0 Å². The van der Waals surface area contributed by atoms with E-state index in [0.717, 1.165) is 5.01 Å². The number of benzene rings is 1. The number of rotatable bonds is 5. The van der Waals surface area contributed by atoms with Gasteiger partial charge in [0.1, 0.15) is 5.69 Å². The fourth-order valence-electron chi connectivity index (χ4n) is 1.97. The number of halogens is 1. The van der Waals surface area contributed by atoms with Crippen LogP contribution in [0.25, 0.3) is 0 Å². The first-order chi connectivity index (χ1) is 11.3. The molecule has 0 saturated carbocycles. The van der Waals surface area contributed by atoms with Gasteiger partial charge in [-0.25, -0.2) is 4.98 Å². The van der Waals surface area contributed by atoms with Gasteiger partial charge in [0.2, 0.25) is 0 Å². The van der Waals surface area contributed by atoms with Crippen LogP contribution >= 0.6 is 23.7 Å². The van der Waals surface area contributed by atoms with E-state index in [0.29, 0.717) is 29.9 Å². The van der Waals surface area contributed by atoms with Crippen LogP contribution in [-0.2, 0) is 6.42 Å². The van der Waals surface area contributed by atoms with E-state index in [1.54, 1.807) is 29.6 Å². The van der Waals surface area contributed by atoms with E-state index in [4.69, 9.17) is 5.73 Å². The lowest BCUT2D eigenvalue weighted by molar-refractivity contribution is 0.0919. The molecule has 0 unspecified atom stereocenters. The standard InChI is InChI=1S/C17H22N4O2S.ClH/c1-17(2,3)21-15(22)11-4-6-12(7-5-11)19-16(23)13-10-24-14(20-13)8-9-18;/h4-7,10H,8-9,18H2,1-3H3,(H,19,23)(H,21,22);1H. The normalized spacial score (nSPS) is 10.7. The van der Waals surface area contributed by atoms with Crippen LogP contribution in [0, 0.1) is 0 Å². The molecule has 0 aliphatic carbocycles. The summed E-state index contributed by atoms with van der Waals surface area (Å²) in [6, 6.07) is 6.75. The molecule has 1 aromatic heterocycles. The molecule has 0 bridgehead atoms. The van der Waals surface area contributed by atoms with Gasteiger partial charge >= 0.3 is 0 Å². The highest BCUT2D eigenvalue weighted by atomic mass is 35.5. The van der Waals surface area contributed by atoms with Crippen molar-refractivity contribution in [2.24, 2.45) is 5.73 Å². The van der Waals surface area contributed by atoms with Gasteiger partial charge in [0.05, 0.1) is 5.01 Å². The van der Waals surface area contributed by atoms with Gasteiger partial charge in [0, 0.05) is 28.6 Å². The quantitative estimate of drug-likeness (QED) is 0.740. The molecule has 0 aliphatic rings. The van der Waals surface area contributed by atoms with Gasteiger partial charge in [0.25, 0.3) is 11.8 Å². The number of aromatic nitrogens is 1. The third-order valence-electron chi connectivity index (χ3n) is 3.04. The number of thiazole rings is 1. The van der Waals surface area contributed by atoms with E-state index in [1.165, 1.54) is 11.3 Å². The lowest BCUT2D eigenvalue weighted by Gasteiger charge is -2.20. The average molecular weight is 383 g/mol. The number of nitrogens with zero attached hydrogens (tertiary/aromatic N) is 1. The smallest absolute Gasteiger partial charge is 0.275 e. The van der Waals surface area contributed by atoms with Crippen LogP contribution in [0.1, 0.15) is 46.6 Å². The molecule has 25 heavy (non-hydrogen) atoms. The van der Waals surface area contributed by atoms with Crippen molar-refractivity contribution in [3.8, 4) is 0 Å². The van der Waals surface area contributed by atoms with Gasteiger partial charge in [-0.05, 0) is 51.6 Å². The number of anilines is 1. The van der Waals surface area contributed by atoms with Gasteiger partial charge in [-0.15, -0.1) is 23.7 Å². The number of hydrogen-bond acceptors (Lipinski definition) is 5. The Hall–Kier alpha value is -1.96. The van der Waals surface area contributed by atoms with Crippen LogP contribution in [0.4, 0.5) is 5.69 Å². The third kappa shape index (κ3) is 6.45. The van der Waals surface area contributed by atoms with Gasteiger partial charge in [-0.2, -0.15) is 0 Å². The summed E-state index contributed by atoms with van der Waals surface area (Å²) in [6.07, 6.45) is 0.662. The number of nitrogens with two attached hydrogens (primary N) is 1. The van der Waals surface area contributed by atoms with Gasteiger partial charge in [-0.3, -0.25) is 9.59 Å². The third-order valence-corrected chi connectivity index (χ3v) is 3.94. The molecule has 0 fully saturated rings. The van der Waals surface area contributed by atoms with Crippen molar-refractivity contribution in [1.82, 2.24) is 10.3 Å². The highest BCUT2D eigenvalue weighted by Gasteiger charge is 2.15. The number of nitrogens with one attached hydrogen (secondary N) is 2. The molecule has 0 radical (unpaired) electrons. The molecule has 2 aromatic rings. The minimum Gasteiger partial charge on any atom is -0.347 e. The Kier molecular flexibility index (Phi) is 7.54. The molecular weight excluding hydrogens is 360 g/mol. The number of amides is 2. The van der Waals surface area contributed by atoms with Crippen LogP contribution < -0.4 is 16.4 Å². The Bertz CT molecular complexity index is 723. The molecule has 6 nitrogen and oxygen atoms in total. The van der Waals surface area contributed by atoms with E-state index in [2.05, 4.69) is 15.6 Å². The van der Waals surface area contributed by atoms with E-state index >= 15 is 0 Å².